The Bertz CT molecular complexity index is 931. The predicted molar refractivity (Wildman–Crippen MR) is 96.0 cm³/mol. The third-order valence-electron chi connectivity index (χ3n) is 4.17. The van der Waals surface area contributed by atoms with Crippen molar-refractivity contribution in [2.75, 3.05) is 21.3 Å². The van der Waals surface area contributed by atoms with Crippen LogP contribution >= 0.6 is 0 Å². The molecule has 0 aliphatic heterocycles. The summed E-state index contributed by atoms with van der Waals surface area (Å²) in [5, 5.41) is 12.3. The summed E-state index contributed by atoms with van der Waals surface area (Å²) >= 11 is 0. The monoisotopic (exact) mass is 336 g/mol. The summed E-state index contributed by atoms with van der Waals surface area (Å²) in [5.41, 5.74) is 4.14. The molecule has 0 radical (unpaired) electrons. The molecule has 3 aromatic rings. The van der Waals surface area contributed by atoms with Crippen molar-refractivity contribution in [1.29, 1.82) is 5.26 Å². The standard InChI is InChI=1S/C19H20N4O2/c1-11-7-15(24-3)17(16(8-11)25-4)18(21-2)19-22-13-6-5-12(10-20)9-14(13)23-19/h5-9,18,21H,1-4H3,(H,22,23). The molecule has 0 saturated heterocycles. The molecule has 6 nitrogen and oxygen atoms in total. The van der Waals surface area contributed by atoms with E-state index in [1.54, 1.807) is 26.4 Å². The molecule has 25 heavy (non-hydrogen) atoms. The summed E-state index contributed by atoms with van der Waals surface area (Å²) in [6.45, 7) is 1.99. The largest absolute Gasteiger partial charge is 0.496 e. The van der Waals surface area contributed by atoms with E-state index < -0.39 is 0 Å². The van der Waals surface area contributed by atoms with Crippen LogP contribution in [0.1, 0.15) is 28.6 Å². The van der Waals surface area contributed by atoms with Crippen LogP contribution in [0.15, 0.2) is 30.3 Å². The van der Waals surface area contributed by atoms with Gasteiger partial charge >= 0.3 is 0 Å². The van der Waals surface area contributed by atoms with Crippen LogP contribution in [0.3, 0.4) is 0 Å². The zero-order valence-corrected chi connectivity index (χ0v) is 14.7. The molecule has 0 aliphatic carbocycles. The van der Waals surface area contributed by atoms with Crippen molar-refractivity contribution < 1.29 is 9.47 Å². The van der Waals surface area contributed by atoms with Crippen LogP contribution in [0.2, 0.25) is 0 Å². The molecule has 0 spiro atoms. The second-order valence-electron chi connectivity index (χ2n) is 5.77. The average molecular weight is 336 g/mol. The molecule has 3 rings (SSSR count). The molecule has 2 aromatic carbocycles. The van der Waals surface area contributed by atoms with E-state index in [2.05, 4.69) is 21.4 Å². The van der Waals surface area contributed by atoms with Gasteiger partial charge in [-0.3, -0.25) is 0 Å². The van der Waals surface area contributed by atoms with E-state index in [4.69, 9.17) is 14.7 Å². The molecule has 0 fully saturated rings. The van der Waals surface area contributed by atoms with E-state index in [0.717, 1.165) is 39.5 Å². The van der Waals surface area contributed by atoms with Gasteiger partial charge in [-0.2, -0.15) is 5.26 Å². The highest BCUT2D eigenvalue weighted by molar-refractivity contribution is 5.77. The SMILES string of the molecule is CNC(c1nc2ccc(C#N)cc2[nH]1)c1c(OC)cc(C)cc1OC. The maximum absolute atomic E-state index is 9.07. The lowest BCUT2D eigenvalue weighted by Gasteiger charge is -2.21. The van der Waals surface area contributed by atoms with E-state index in [-0.39, 0.29) is 6.04 Å². The number of methoxy groups -OCH3 is 2. The van der Waals surface area contributed by atoms with Crippen LogP contribution in [0.4, 0.5) is 0 Å². The van der Waals surface area contributed by atoms with Crippen molar-refractivity contribution in [1.82, 2.24) is 15.3 Å². The van der Waals surface area contributed by atoms with Gasteiger partial charge in [-0.05, 0) is 49.9 Å². The van der Waals surface area contributed by atoms with Gasteiger partial charge in [-0.15, -0.1) is 0 Å². The number of fused-ring (bicyclic) bond motifs is 1. The zero-order chi connectivity index (χ0) is 18.0. The van der Waals surface area contributed by atoms with Gasteiger partial charge in [0.2, 0.25) is 0 Å². The molecule has 128 valence electrons. The molecule has 6 heteroatoms. The molecular weight excluding hydrogens is 316 g/mol. The van der Waals surface area contributed by atoms with Crippen LogP contribution in [0.25, 0.3) is 11.0 Å². The quantitative estimate of drug-likeness (QED) is 0.748. The van der Waals surface area contributed by atoms with E-state index in [0.29, 0.717) is 5.56 Å². The first-order valence-corrected chi connectivity index (χ1v) is 7.90. The Morgan fingerprint density at radius 3 is 2.40 bits per heavy atom. The fourth-order valence-corrected chi connectivity index (χ4v) is 3.01. The predicted octanol–water partition coefficient (Wildman–Crippen LogP) is 3.07. The maximum atomic E-state index is 9.07. The number of aromatic nitrogens is 2. The molecule has 1 unspecified atom stereocenters. The number of nitrogens with zero attached hydrogens (tertiary/aromatic N) is 2. The number of imidazole rings is 1. The van der Waals surface area contributed by atoms with E-state index in [1.165, 1.54) is 0 Å². The minimum atomic E-state index is -0.247. The van der Waals surface area contributed by atoms with Gasteiger partial charge in [-0.1, -0.05) is 0 Å². The summed E-state index contributed by atoms with van der Waals surface area (Å²) in [6, 6.07) is 11.2. The Morgan fingerprint density at radius 1 is 1.16 bits per heavy atom. The van der Waals surface area contributed by atoms with E-state index >= 15 is 0 Å². The molecule has 2 N–H and O–H groups in total. The van der Waals surface area contributed by atoms with Crippen LogP contribution in [-0.4, -0.2) is 31.2 Å². The Morgan fingerprint density at radius 2 is 1.84 bits per heavy atom. The number of nitriles is 1. The van der Waals surface area contributed by atoms with Gasteiger partial charge < -0.3 is 19.8 Å². The number of nitrogens with one attached hydrogen (secondary N) is 2. The molecular formula is C19H20N4O2. The summed E-state index contributed by atoms with van der Waals surface area (Å²) in [6.07, 6.45) is 0. The summed E-state index contributed by atoms with van der Waals surface area (Å²) in [5.74, 6) is 2.19. The number of rotatable bonds is 5. The first kappa shape index (κ1) is 16.8. The highest BCUT2D eigenvalue weighted by Crippen LogP contribution is 2.38. The smallest absolute Gasteiger partial charge is 0.129 e. The van der Waals surface area contributed by atoms with Crippen molar-refractivity contribution in [3.63, 3.8) is 0 Å². The third-order valence-corrected chi connectivity index (χ3v) is 4.17. The third kappa shape index (κ3) is 3.02. The van der Waals surface area contributed by atoms with Crippen LogP contribution in [0, 0.1) is 18.3 Å². The van der Waals surface area contributed by atoms with Gasteiger partial charge in [0.25, 0.3) is 0 Å². The molecule has 0 amide bonds. The Labute approximate surface area is 146 Å². The Kier molecular flexibility index (Phi) is 4.59. The molecule has 0 saturated carbocycles. The van der Waals surface area contributed by atoms with E-state index in [1.807, 2.05) is 32.2 Å². The first-order chi connectivity index (χ1) is 12.1. The highest BCUT2D eigenvalue weighted by Gasteiger charge is 2.24. The number of aryl methyl sites for hydroxylation is 1. The van der Waals surface area contributed by atoms with Crippen molar-refractivity contribution >= 4 is 11.0 Å². The number of H-pyrrole nitrogens is 1. The second-order valence-corrected chi connectivity index (χ2v) is 5.77. The molecule has 1 aromatic heterocycles. The van der Waals surface area contributed by atoms with Crippen molar-refractivity contribution in [3.8, 4) is 17.6 Å². The second kappa shape index (κ2) is 6.83. The van der Waals surface area contributed by atoms with Gasteiger partial charge in [0, 0.05) is 0 Å². The van der Waals surface area contributed by atoms with Crippen LogP contribution < -0.4 is 14.8 Å². The fraction of sp³-hybridized carbons (Fsp3) is 0.263. The van der Waals surface area contributed by atoms with Crippen molar-refractivity contribution in [3.05, 3.63) is 52.8 Å². The van der Waals surface area contributed by atoms with E-state index in [9.17, 15) is 0 Å². The lowest BCUT2D eigenvalue weighted by atomic mass is 10.0. The molecule has 1 atom stereocenters. The fourth-order valence-electron chi connectivity index (χ4n) is 3.01. The molecule has 0 bridgehead atoms. The van der Waals surface area contributed by atoms with Gasteiger partial charge in [0.15, 0.2) is 0 Å². The topological polar surface area (TPSA) is 83.0 Å². The van der Waals surface area contributed by atoms with Gasteiger partial charge in [0.1, 0.15) is 17.3 Å². The summed E-state index contributed by atoms with van der Waals surface area (Å²) < 4.78 is 11.2. The molecule has 1 heterocycles. The van der Waals surface area contributed by atoms with Crippen molar-refractivity contribution in [2.45, 2.75) is 13.0 Å². The van der Waals surface area contributed by atoms with Crippen LogP contribution in [-0.2, 0) is 0 Å². The lowest BCUT2D eigenvalue weighted by molar-refractivity contribution is 0.377. The highest BCUT2D eigenvalue weighted by atomic mass is 16.5. The van der Waals surface area contributed by atoms with Crippen LogP contribution in [0.5, 0.6) is 11.5 Å². The normalized spacial score (nSPS) is 12.0. The minimum absolute atomic E-state index is 0.247. The number of hydrogen-bond donors (Lipinski definition) is 2. The lowest BCUT2D eigenvalue weighted by Crippen LogP contribution is -2.20. The zero-order valence-electron chi connectivity index (χ0n) is 14.7. The van der Waals surface area contributed by atoms with Gasteiger partial charge in [0.05, 0.1) is 48.5 Å². The number of hydrogen-bond acceptors (Lipinski definition) is 5. The number of ether oxygens (including phenoxy) is 2. The minimum Gasteiger partial charge on any atom is -0.496 e. The Hall–Kier alpha value is -3.04. The molecule has 0 aliphatic rings. The average Bonchev–Trinajstić information content (AvgIpc) is 3.05. The maximum Gasteiger partial charge on any atom is 0.129 e. The number of aromatic amines is 1. The summed E-state index contributed by atoms with van der Waals surface area (Å²) in [7, 11) is 5.14. The number of benzene rings is 2. The first-order valence-electron chi connectivity index (χ1n) is 7.90. The summed E-state index contributed by atoms with van der Waals surface area (Å²) in [4.78, 5) is 7.97. The van der Waals surface area contributed by atoms with Gasteiger partial charge in [-0.25, -0.2) is 4.98 Å². The Balaban J connectivity index is 2.17. The van der Waals surface area contributed by atoms with Crippen molar-refractivity contribution in [2.24, 2.45) is 0 Å².